The molecule has 3 unspecified atom stereocenters. The van der Waals surface area contributed by atoms with Gasteiger partial charge in [0, 0.05) is 6.04 Å². The van der Waals surface area contributed by atoms with Crippen molar-refractivity contribution in [1.29, 1.82) is 0 Å². The second-order valence-electron chi connectivity index (χ2n) is 5.87. The van der Waals surface area contributed by atoms with Crippen LogP contribution in [0.3, 0.4) is 0 Å². The molecule has 2 saturated carbocycles. The smallest absolute Gasteiger partial charge is 0.169 e. The Labute approximate surface area is 112 Å². The number of rotatable bonds is 2. The van der Waals surface area contributed by atoms with E-state index in [4.69, 9.17) is 5.73 Å². The molecule has 1 heterocycles. The molecule has 98 valence electrons. The lowest BCUT2D eigenvalue weighted by Crippen LogP contribution is -2.27. The first-order valence-corrected chi connectivity index (χ1v) is 7.08. The third-order valence-corrected chi connectivity index (χ3v) is 4.66. The minimum atomic E-state index is 0.515. The highest BCUT2D eigenvalue weighted by Gasteiger charge is 2.39. The summed E-state index contributed by atoms with van der Waals surface area (Å²) in [5, 5.41) is 3.53. The van der Waals surface area contributed by atoms with Crippen molar-refractivity contribution in [2.75, 3.05) is 11.1 Å². The molecule has 4 heteroatoms. The number of para-hydroxylation sites is 2. The lowest BCUT2D eigenvalue weighted by Gasteiger charge is -2.23. The predicted molar refractivity (Wildman–Crippen MR) is 76.8 cm³/mol. The molecular weight excluding hydrogens is 236 g/mol. The molecule has 2 aliphatic carbocycles. The lowest BCUT2D eigenvalue weighted by atomic mass is 9.95. The standard InChI is InChI=1S/C15H18N4/c16-14-15(18-12-4-2-1-3-11(12)17-14)19-13-8-9-5-6-10(13)7-9/h1-4,9-10,13H,5-8H2,(H2,16,17)(H,18,19). The lowest BCUT2D eigenvalue weighted by molar-refractivity contribution is 0.439. The van der Waals surface area contributed by atoms with E-state index in [1.165, 1.54) is 25.7 Å². The number of aromatic nitrogens is 2. The van der Waals surface area contributed by atoms with Gasteiger partial charge in [-0.05, 0) is 43.2 Å². The van der Waals surface area contributed by atoms with Crippen LogP contribution in [-0.2, 0) is 0 Å². The van der Waals surface area contributed by atoms with Crippen molar-refractivity contribution in [1.82, 2.24) is 9.97 Å². The minimum Gasteiger partial charge on any atom is -0.381 e. The molecule has 0 saturated heterocycles. The second-order valence-corrected chi connectivity index (χ2v) is 5.87. The number of benzene rings is 1. The fourth-order valence-electron chi connectivity index (χ4n) is 3.72. The van der Waals surface area contributed by atoms with Crippen LogP contribution in [0.25, 0.3) is 11.0 Å². The van der Waals surface area contributed by atoms with Gasteiger partial charge in [0.15, 0.2) is 11.6 Å². The molecule has 2 bridgehead atoms. The van der Waals surface area contributed by atoms with E-state index in [2.05, 4.69) is 15.3 Å². The number of nitrogens with two attached hydrogens (primary N) is 1. The maximum atomic E-state index is 6.03. The van der Waals surface area contributed by atoms with Crippen molar-refractivity contribution in [3.8, 4) is 0 Å². The molecule has 2 aromatic rings. The predicted octanol–water partition coefficient (Wildman–Crippen LogP) is 2.81. The van der Waals surface area contributed by atoms with Gasteiger partial charge in [-0.3, -0.25) is 0 Å². The summed E-state index contributed by atoms with van der Waals surface area (Å²) in [6, 6.07) is 8.40. The number of hydrogen-bond acceptors (Lipinski definition) is 4. The van der Waals surface area contributed by atoms with Gasteiger partial charge in [0.05, 0.1) is 11.0 Å². The summed E-state index contributed by atoms with van der Waals surface area (Å²) in [6.45, 7) is 0. The average molecular weight is 254 g/mol. The van der Waals surface area contributed by atoms with Gasteiger partial charge in [0.25, 0.3) is 0 Å². The molecule has 2 fully saturated rings. The number of nitrogens with one attached hydrogen (secondary N) is 1. The summed E-state index contributed by atoms with van der Waals surface area (Å²) < 4.78 is 0. The van der Waals surface area contributed by atoms with Gasteiger partial charge in [-0.2, -0.15) is 0 Å². The summed E-state index contributed by atoms with van der Waals surface area (Å²) >= 11 is 0. The van der Waals surface area contributed by atoms with Crippen molar-refractivity contribution in [2.24, 2.45) is 11.8 Å². The molecule has 0 aliphatic heterocycles. The van der Waals surface area contributed by atoms with E-state index in [-0.39, 0.29) is 0 Å². The molecule has 3 N–H and O–H groups in total. The molecular formula is C15H18N4. The van der Waals surface area contributed by atoms with Crippen molar-refractivity contribution in [2.45, 2.75) is 31.7 Å². The zero-order chi connectivity index (χ0) is 12.8. The maximum Gasteiger partial charge on any atom is 0.169 e. The van der Waals surface area contributed by atoms with E-state index in [1.807, 2.05) is 24.3 Å². The number of fused-ring (bicyclic) bond motifs is 3. The number of anilines is 2. The summed E-state index contributed by atoms with van der Waals surface area (Å²) in [4.78, 5) is 9.06. The van der Waals surface area contributed by atoms with E-state index < -0.39 is 0 Å². The highest BCUT2D eigenvalue weighted by atomic mass is 15.1. The van der Waals surface area contributed by atoms with Crippen LogP contribution in [0.15, 0.2) is 24.3 Å². The van der Waals surface area contributed by atoms with Gasteiger partial charge in [-0.1, -0.05) is 18.6 Å². The largest absolute Gasteiger partial charge is 0.381 e. The molecule has 1 aromatic heterocycles. The van der Waals surface area contributed by atoms with Crippen molar-refractivity contribution < 1.29 is 0 Å². The molecule has 0 amide bonds. The first-order valence-electron chi connectivity index (χ1n) is 7.08. The zero-order valence-corrected chi connectivity index (χ0v) is 10.8. The van der Waals surface area contributed by atoms with Gasteiger partial charge in [0.2, 0.25) is 0 Å². The Morgan fingerprint density at radius 2 is 1.84 bits per heavy atom. The van der Waals surface area contributed by atoms with Crippen LogP contribution < -0.4 is 11.1 Å². The Kier molecular flexibility index (Phi) is 2.37. The summed E-state index contributed by atoms with van der Waals surface area (Å²) in [6.07, 6.45) is 5.39. The first kappa shape index (κ1) is 11.0. The minimum absolute atomic E-state index is 0.515. The summed E-state index contributed by atoms with van der Waals surface area (Å²) in [5.74, 6) is 2.99. The Morgan fingerprint density at radius 1 is 1.05 bits per heavy atom. The van der Waals surface area contributed by atoms with Crippen molar-refractivity contribution in [3.05, 3.63) is 24.3 Å². The van der Waals surface area contributed by atoms with Crippen LogP contribution in [0.2, 0.25) is 0 Å². The third kappa shape index (κ3) is 1.82. The van der Waals surface area contributed by atoms with Gasteiger partial charge in [-0.15, -0.1) is 0 Å². The molecule has 0 radical (unpaired) electrons. The SMILES string of the molecule is Nc1nc2ccccc2nc1NC1CC2CCC1C2. The molecule has 0 spiro atoms. The maximum absolute atomic E-state index is 6.03. The van der Waals surface area contributed by atoms with Gasteiger partial charge >= 0.3 is 0 Å². The van der Waals surface area contributed by atoms with Crippen LogP contribution in [0.4, 0.5) is 11.6 Å². The van der Waals surface area contributed by atoms with E-state index in [1.54, 1.807) is 0 Å². The number of nitrogen functional groups attached to an aromatic ring is 1. The van der Waals surface area contributed by atoms with Gasteiger partial charge in [-0.25, -0.2) is 9.97 Å². The van der Waals surface area contributed by atoms with E-state index in [0.717, 1.165) is 28.7 Å². The molecule has 2 aliphatic rings. The van der Waals surface area contributed by atoms with Gasteiger partial charge in [0.1, 0.15) is 0 Å². The number of nitrogens with zero attached hydrogens (tertiary/aromatic N) is 2. The van der Waals surface area contributed by atoms with Crippen LogP contribution in [0.5, 0.6) is 0 Å². The van der Waals surface area contributed by atoms with E-state index in [9.17, 15) is 0 Å². The Hall–Kier alpha value is -1.84. The van der Waals surface area contributed by atoms with Crippen LogP contribution in [-0.4, -0.2) is 16.0 Å². The normalized spacial score (nSPS) is 28.9. The fourth-order valence-corrected chi connectivity index (χ4v) is 3.72. The highest BCUT2D eigenvalue weighted by molar-refractivity contribution is 5.79. The molecule has 4 rings (SSSR count). The van der Waals surface area contributed by atoms with Crippen LogP contribution in [0, 0.1) is 11.8 Å². The third-order valence-electron chi connectivity index (χ3n) is 4.66. The fraction of sp³-hybridized carbons (Fsp3) is 0.467. The molecule has 1 aromatic carbocycles. The average Bonchev–Trinajstić information content (AvgIpc) is 3.02. The number of hydrogen-bond donors (Lipinski definition) is 2. The van der Waals surface area contributed by atoms with Crippen LogP contribution in [0.1, 0.15) is 25.7 Å². The Morgan fingerprint density at radius 3 is 2.53 bits per heavy atom. The highest BCUT2D eigenvalue weighted by Crippen LogP contribution is 2.45. The summed E-state index contributed by atoms with van der Waals surface area (Å²) in [5.41, 5.74) is 7.79. The van der Waals surface area contributed by atoms with E-state index in [0.29, 0.717) is 11.9 Å². The quantitative estimate of drug-likeness (QED) is 0.865. The van der Waals surface area contributed by atoms with Gasteiger partial charge < -0.3 is 11.1 Å². The van der Waals surface area contributed by atoms with Crippen molar-refractivity contribution in [3.63, 3.8) is 0 Å². The van der Waals surface area contributed by atoms with E-state index >= 15 is 0 Å². The first-order chi connectivity index (χ1) is 9.29. The molecule has 4 nitrogen and oxygen atoms in total. The van der Waals surface area contributed by atoms with Crippen LogP contribution >= 0.6 is 0 Å². The summed E-state index contributed by atoms with van der Waals surface area (Å²) in [7, 11) is 0. The molecule has 3 atom stereocenters. The topological polar surface area (TPSA) is 63.8 Å². The zero-order valence-electron chi connectivity index (χ0n) is 10.8. The second kappa shape index (κ2) is 4.08. The Bertz CT molecular complexity index is 625. The monoisotopic (exact) mass is 254 g/mol. The Balaban J connectivity index is 1.65. The van der Waals surface area contributed by atoms with Crippen molar-refractivity contribution >= 4 is 22.7 Å². The molecule has 19 heavy (non-hydrogen) atoms.